The van der Waals surface area contributed by atoms with E-state index in [4.69, 9.17) is 11.6 Å². The number of likely N-dealkylation sites (N-methyl/N-ethyl adjacent to an activating group) is 1. The van der Waals surface area contributed by atoms with Crippen LogP contribution in [0.15, 0.2) is 24.3 Å². The van der Waals surface area contributed by atoms with Crippen molar-refractivity contribution in [3.05, 3.63) is 34.9 Å². The van der Waals surface area contributed by atoms with E-state index in [1.807, 2.05) is 12.1 Å². The molecule has 0 aliphatic carbocycles. The van der Waals surface area contributed by atoms with E-state index in [1.165, 1.54) is 18.4 Å². The van der Waals surface area contributed by atoms with E-state index in [2.05, 4.69) is 57.1 Å². The van der Waals surface area contributed by atoms with Crippen molar-refractivity contribution in [2.24, 2.45) is 0 Å². The summed E-state index contributed by atoms with van der Waals surface area (Å²) in [5, 5.41) is 4.50. The highest BCUT2D eigenvalue weighted by molar-refractivity contribution is 6.31. The predicted molar refractivity (Wildman–Crippen MR) is 89.5 cm³/mol. The van der Waals surface area contributed by atoms with E-state index in [9.17, 15) is 0 Å². The molecule has 0 heterocycles. The van der Waals surface area contributed by atoms with Crippen molar-refractivity contribution in [3.8, 4) is 0 Å². The van der Waals surface area contributed by atoms with Crippen LogP contribution in [0.5, 0.6) is 0 Å². The molecule has 0 bridgehead atoms. The fourth-order valence-corrected chi connectivity index (χ4v) is 2.77. The number of rotatable bonds is 8. The molecule has 20 heavy (non-hydrogen) atoms. The number of halogens is 1. The monoisotopic (exact) mass is 296 g/mol. The smallest absolute Gasteiger partial charge is 0.0453 e. The maximum absolute atomic E-state index is 6.30. The zero-order valence-corrected chi connectivity index (χ0v) is 14.2. The number of hydrogen-bond donors (Lipinski definition) is 1. The fourth-order valence-electron chi connectivity index (χ4n) is 2.47. The van der Waals surface area contributed by atoms with Gasteiger partial charge in [-0.05, 0) is 45.4 Å². The molecule has 1 N–H and O–H groups in total. The van der Waals surface area contributed by atoms with Gasteiger partial charge in [0.25, 0.3) is 0 Å². The van der Waals surface area contributed by atoms with E-state index in [0.29, 0.717) is 18.1 Å². The number of hydrogen-bond acceptors (Lipinski definition) is 2. The number of benzene rings is 1. The van der Waals surface area contributed by atoms with Gasteiger partial charge in [0.05, 0.1) is 0 Å². The van der Waals surface area contributed by atoms with Gasteiger partial charge in [-0.1, -0.05) is 43.6 Å². The van der Waals surface area contributed by atoms with Crippen molar-refractivity contribution >= 4 is 11.6 Å². The maximum Gasteiger partial charge on any atom is 0.0453 e. The third-order valence-corrected chi connectivity index (χ3v) is 4.69. The van der Waals surface area contributed by atoms with Crippen molar-refractivity contribution in [1.82, 2.24) is 10.2 Å². The zero-order valence-electron chi connectivity index (χ0n) is 13.5. The lowest BCUT2D eigenvalue weighted by Gasteiger charge is -2.32. The third-order valence-electron chi connectivity index (χ3n) is 4.35. The molecule has 3 heteroatoms. The molecule has 0 saturated carbocycles. The summed E-state index contributed by atoms with van der Waals surface area (Å²) in [6, 6.07) is 9.54. The van der Waals surface area contributed by atoms with Crippen molar-refractivity contribution < 1.29 is 0 Å². The van der Waals surface area contributed by atoms with Crippen molar-refractivity contribution in [2.75, 3.05) is 13.6 Å². The summed E-state index contributed by atoms with van der Waals surface area (Å²) in [6.45, 7) is 9.97. The Hall–Kier alpha value is -0.570. The highest BCUT2D eigenvalue weighted by Gasteiger charge is 2.19. The standard InChI is InChI=1S/C17H29ClN2/c1-6-15(7-2)19-12-13(3)20(5)14(4)16-10-8-9-11-17(16)18/h8-11,13-15,19H,6-7,12H2,1-5H3. The van der Waals surface area contributed by atoms with E-state index >= 15 is 0 Å². The topological polar surface area (TPSA) is 15.3 Å². The van der Waals surface area contributed by atoms with Crippen molar-refractivity contribution in [2.45, 2.75) is 58.7 Å². The Bertz CT molecular complexity index is 390. The van der Waals surface area contributed by atoms with Crippen molar-refractivity contribution in [3.63, 3.8) is 0 Å². The SMILES string of the molecule is CCC(CC)NCC(C)N(C)C(C)c1ccccc1Cl. The van der Waals surface area contributed by atoms with Crippen LogP contribution in [0.3, 0.4) is 0 Å². The van der Waals surface area contributed by atoms with Crippen LogP contribution in [0.4, 0.5) is 0 Å². The summed E-state index contributed by atoms with van der Waals surface area (Å²) in [6.07, 6.45) is 2.38. The first-order valence-electron chi connectivity index (χ1n) is 7.70. The molecule has 0 amide bonds. The molecule has 0 spiro atoms. The molecule has 0 saturated heterocycles. The normalized spacial score (nSPS) is 14.8. The van der Waals surface area contributed by atoms with Gasteiger partial charge in [-0.25, -0.2) is 0 Å². The maximum atomic E-state index is 6.30. The van der Waals surface area contributed by atoms with Crippen LogP contribution in [-0.4, -0.2) is 30.6 Å². The predicted octanol–water partition coefficient (Wildman–Crippen LogP) is 4.50. The Morgan fingerprint density at radius 3 is 2.30 bits per heavy atom. The van der Waals surface area contributed by atoms with E-state index < -0.39 is 0 Å². The third kappa shape index (κ3) is 4.76. The van der Waals surface area contributed by atoms with Gasteiger partial charge in [-0.3, -0.25) is 4.90 Å². The van der Waals surface area contributed by atoms with E-state index in [1.54, 1.807) is 0 Å². The largest absolute Gasteiger partial charge is 0.312 e. The molecule has 2 nitrogen and oxygen atoms in total. The second-order valence-electron chi connectivity index (χ2n) is 5.63. The Balaban J connectivity index is 2.60. The van der Waals surface area contributed by atoms with Gasteiger partial charge in [0.1, 0.15) is 0 Å². The van der Waals surface area contributed by atoms with Crippen LogP contribution in [-0.2, 0) is 0 Å². The van der Waals surface area contributed by atoms with Crippen LogP contribution >= 0.6 is 11.6 Å². The average molecular weight is 297 g/mol. The van der Waals surface area contributed by atoms with Gasteiger partial charge in [-0.15, -0.1) is 0 Å². The van der Waals surface area contributed by atoms with Gasteiger partial charge < -0.3 is 5.32 Å². The Morgan fingerprint density at radius 1 is 1.15 bits per heavy atom. The van der Waals surface area contributed by atoms with Gasteiger partial charge in [0.2, 0.25) is 0 Å². The first-order valence-corrected chi connectivity index (χ1v) is 8.08. The van der Waals surface area contributed by atoms with Gasteiger partial charge in [0, 0.05) is 29.7 Å². The van der Waals surface area contributed by atoms with Gasteiger partial charge in [0.15, 0.2) is 0 Å². The molecule has 114 valence electrons. The minimum Gasteiger partial charge on any atom is -0.312 e. The molecule has 0 aliphatic heterocycles. The quantitative estimate of drug-likeness (QED) is 0.760. The van der Waals surface area contributed by atoms with Crippen LogP contribution in [0.25, 0.3) is 0 Å². The van der Waals surface area contributed by atoms with Gasteiger partial charge >= 0.3 is 0 Å². The second-order valence-corrected chi connectivity index (χ2v) is 6.04. The van der Waals surface area contributed by atoms with Crippen LogP contribution in [0.1, 0.15) is 52.1 Å². The highest BCUT2D eigenvalue weighted by atomic mass is 35.5. The fraction of sp³-hybridized carbons (Fsp3) is 0.647. The average Bonchev–Trinajstić information content (AvgIpc) is 2.47. The Morgan fingerprint density at radius 2 is 1.75 bits per heavy atom. The number of nitrogens with one attached hydrogen (secondary N) is 1. The summed E-state index contributed by atoms with van der Waals surface area (Å²) in [5.41, 5.74) is 1.20. The minimum absolute atomic E-state index is 0.321. The summed E-state index contributed by atoms with van der Waals surface area (Å²) < 4.78 is 0. The highest BCUT2D eigenvalue weighted by Crippen LogP contribution is 2.27. The number of nitrogens with zero attached hydrogens (tertiary/aromatic N) is 1. The van der Waals surface area contributed by atoms with Gasteiger partial charge in [-0.2, -0.15) is 0 Å². The molecule has 0 fully saturated rings. The summed E-state index contributed by atoms with van der Waals surface area (Å²) in [5.74, 6) is 0. The summed E-state index contributed by atoms with van der Waals surface area (Å²) >= 11 is 6.30. The molecule has 0 aliphatic rings. The lowest BCUT2D eigenvalue weighted by molar-refractivity contribution is 0.189. The molecule has 2 atom stereocenters. The molecule has 2 unspecified atom stereocenters. The first-order chi connectivity index (χ1) is 9.51. The molecule has 1 rings (SSSR count). The second kappa shape index (κ2) is 8.66. The first kappa shape index (κ1) is 17.5. The molecular formula is C17H29ClN2. The summed E-state index contributed by atoms with van der Waals surface area (Å²) in [7, 11) is 2.17. The molecule has 1 aromatic carbocycles. The van der Waals surface area contributed by atoms with Crippen LogP contribution < -0.4 is 5.32 Å². The lowest BCUT2D eigenvalue weighted by atomic mass is 10.1. The van der Waals surface area contributed by atoms with E-state index in [-0.39, 0.29) is 0 Å². The van der Waals surface area contributed by atoms with Crippen LogP contribution in [0.2, 0.25) is 5.02 Å². The molecular weight excluding hydrogens is 268 g/mol. The lowest BCUT2D eigenvalue weighted by Crippen LogP contribution is -2.42. The van der Waals surface area contributed by atoms with Crippen LogP contribution in [0, 0.1) is 0 Å². The molecule has 0 radical (unpaired) electrons. The zero-order chi connectivity index (χ0) is 15.1. The molecule has 1 aromatic rings. The molecule has 0 aromatic heterocycles. The Labute approximate surface area is 129 Å². The minimum atomic E-state index is 0.321. The summed E-state index contributed by atoms with van der Waals surface area (Å²) in [4.78, 5) is 2.39. The Kier molecular flexibility index (Phi) is 7.57. The van der Waals surface area contributed by atoms with Crippen molar-refractivity contribution in [1.29, 1.82) is 0 Å². The van der Waals surface area contributed by atoms with E-state index in [0.717, 1.165) is 11.6 Å².